The molecule has 1 aromatic carbocycles. The Morgan fingerprint density at radius 1 is 1.47 bits per heavy atom. The standard InChI is InChI=1S/C11H13N3O3/c1-2-11(16)14-9-4-3-7(5-8(9)12)17-6-10(13)15/h2-5H,1,6,12H2,(H2,13,15)(H,14,16). The molecule has 6 heteroatoms. The van der Waals surface area contributed by atoms with Crippen LogP contribution in [0.3, 0.4) is 0 Å². The first-order chi connectivity index (χ1) is 8.02. The molecule has 2 amide bonds. The van der Waals surface area contributed by atoms with Crippen molar-refractivity contribution < 1.29 is 14.3 Å². The SMILES string of the molecule is C=CC(=O)Nc1ccc(OCC(N)=O)cc1N. The Hall–Kier alpha value is -2.50. The van der Waals surface area contributed by atoms with E-state index in [0.29, 0.717) is 17.1 Å². The highest BCUT2D eigenvalue weighted by Gasteiger charge is 2.04. The van der Waals surface area contributed by atoms with Crippen LogP contribution >= 0.6 is 0 Å². The number of nitrogens with two attached hydrogens (primary N) is 2. The van der Waals surface area contributed by atoms with Gasteiger partial charge in [-0.15, -0.1) is 0 Å². The molecule has 0 aromatic heterocycles. The van der Waals surface area contributed by atoms with E-state index in [-0.39, 0.29) is 12.5 Å². The maximum atomic E-state index is 11.1. The molecule has 0 aliphatic rings. The van der Waals surface area contributed by atoms with Crippen molar-refractivity contribution in [3.05, 3.63) is 30.9 Å². The molecule has 0 spiro atoms. The van der Waals surface area contributed by atoms with Gasteiger partial charge in [0.2, 0.25) is 5.91 Å². The second-order valence-corrected chi connectivity index (χ2v) is 3.20. The van der Waals surface area contributed by atoms with Gasteiger partial charge in [0.1, 0.15) is 5.75 Å². The van der Waals surface area contributed by atoms with E-state index in [9.17, 15) is 9.59 Å². The van der Waals surface area contributed by atoms with Gasteiger partial charge in [0.05, 0.1) is 11.4 Å². The summed E-state index contributed by atoms with van der Waals surface area (Å²) in [5.41, 5.74) is 11.4. The molecule has 1 aromatic rings. The molecule has 0 unspecified atom stereocenters. The number of nitrogen functional groups attached to an aromatic ring is 1. The van der Waals surface area contributed by atoms with Crippen LogP contribution in [0.15, 0.2) is 30.9 Å². The van der Waals surface area contributed by atoms with Crippen LogP contribution in [0.25, 0.3) is 0 Å². The van der Waals surface area contributed by atoms with Crippen molar-refractivity contribution in [2.75, 3.05) is 17.7 Å². The third kappa shape index (κ3) is 3.86. The minimum Gasteiger partial charge on any atom is -0.484 e. The summed E-state index contributed by atoms with van der Waals surface area (Å²) in [5, 5.41) is 2.52. The van der Waals surface area contributed by atoms with E-state index in [1.807, 2.05) is 0 Å². The van der Waals surface area contributed by atoms with Crippen molar-refractivity contribution in [3.63, 3.8) is 0 Å². The molecule has 0 heterocycles. The lowest BCUT2D eigenvalue weighted by molar-refractivity contribution is -0.120. The molecule has 17 heavy (non-hydrogen) atoms. The van der Waals surface area contributed by atoms with E-state index in [4.69, 9.17) is 16.2 Å². The lowest BCUT2D eigenvalue weighted by Gasteiger charge is -2.09. The molecule has 1 rings (SSSR count). The van der Waals surface area contributed by atoms with Crippen molar-refractivity contribution in [1.82, 2.24) is 0 Å². The number of carbonyl (C=O) groups is 2. The Kier molecular flexibility index (Phi) is 4.10. The fraction of sp³-hybridized carbons (Fsp3) is 0.0909. The van der Waals surface area contributed by atoms with Crippen LogP contribution in [-0.2, 0) is 9.59 Å². The molecular formula is C11H13N3O3. The summed E-state index contributed by atoms with van der Waals surface area (Å²) < 4.78 is 5.05. The third-order valence-electron chi connectivity index (χ3n) is 1.85. The van der Waals surface area contributed by atoms with Gasteiger partial charge in [0.15, 0.2) is 6.61 Å². The maximum Gasteiger partial charge on any atom is 0.255 e. The predicted molar refractivity (Wildman–Crippen MR) is 64.4 cm³/mol. The van der Waals surface area contributed by atoms with Crippen molar-refractivity contribution >= 4 is 23.2 Å². The highest BCUT2D eigenvalue weighted by molar-refractivity contribution is 6.00. The van der Waals surface area contributed by atoms with Gasteiger partial charge < -0.3 is 21.5 Å². The number of hydrogen-bond donors (Lipinski definition) is 3. The fourth-order valence-corrected chi connectivity index (χ4v) is 1.08. The van der Waals surface area contributed by atoms with Gasteiger partial charge in [-0.2, -0.15) is 0 Å². The largest absolute Gasteiger partial charge is 0.484 e. The van der Waals surface area contributed by atoms with Crippen molar-refractivity contribution in [2.24, 2.45) is 5.73 Å². The van der Waals surface area contributed by atoms with Gasteiger partial charge in [-0.1, -0.05) is 6.58 Å². The van der Waals surface area contributed by atoms with Gasteiger partial charge >= 0.3 is 0 Å². The minimum atomic E-state index is -0.576. The number of hydrogen-bond acceptors (Lipinski definition) is 4. The summed E-state index contributed by atoms with van der Waals surface area (Å²) in [6.07, 6.45) is 1.14. The van der Waals surface area contributed by atoms with Gasteiger partial charge in [0.25, 0.3) is 5.91 Å². The number of ether oxygens (including phenoxy) is 1. The topological polar surface area (TPSA) is 107 Å². The molecule has 0 aliphatic heterocycles. The number of primary amides is 1. The van der Waals surface area contributed by atoms with E-state index in [1.165, 1.54) is 6.07 Å². The average molecular weight is 235 g/mol. The lowest BCUT2D eigenvalue weighted by Crippen LogP contribution is -2.20. The Morgan fingerprint density at radius 3 is 2.71 bits per heavy atom. The maximum absolute atomic E-state index is 11.1. The highest BCUT2D eigenvalue weighted by Crippen LogP contribution is 2.24. The van der Waals surface area contributed by atoms with Gasteiger partial charge in [-0.3, -0.25) is 9.59 Å². The number of nitrogens with one attached hydrogen (secondary N) is 1. The van der Waals surface area contributed by atoms with Crippen LogP contribution in [-0.4, -0.2) is 18.4 Å². The summed E-state index contributed by atoms with van der Waals surface area (Å²) in [4.78, 5) is 21.6. The normalized spacial score (nSPS) is 9.41. The van der Waals surface area contributed by atoms with Crippen LogP contribution in [0.1, 0.15) is 0 Å². The second kappa shape index (κ2) is 5.55. The Morgan fingerprint density at radius 2 is 2.18 bits per heavy atom. The third-order valence-corrected chi connectivity index (χ3v) is 1.85. The molecule has 6 nitrogen and oxygen atoms in total. The summed E-state index contributed by atoms with van der Waals surface area (Å²) >= 11 is 0. The van der Waals surface area contributed by atoms with Crippen LogP contribution in [0.4, 0.5) is 11.4 Å². The zero-order valence-corrected chi connectivity index (χ0v) is 9.10. The van der Waals surface area contributed by atoms with Crippen molar-refractivity contribution in [2.45, 2.75) is 0 Å². The first-order valence-corrected chi connectivity index (χ1v) is 4.77. The summed E-state index contributed by atoms with van der Waals surface area (Å²) in [6.45, 7) is 3.10. The quantitative estimate of drug-likeness (QED) is 0.502. The number of carbonyl (C=O) groups excluding carboxylic acids is 2. The van der Waals surface area contributed by atoms with Crippen LogP contribution in [0.5, 0.6) is 5.75 Å². The number of rotatable bonds is 5. The number of benzene rings is 1. The molecular weight excluding hydrogens is 222 g/mol. The lowest BCUT2D eigenvalue weighted by atomic mass is 10.2. The van der Waals surface area contributed by atoms with E-state index < -0.39 is 5.91 Å². The van der Waals surface area contributed by atoms with Crippen molar-refractivity contribution in [1.29, 1.82) is 0 Å². The smallest absolute Gasteiger partial charge is 0.255 e. The average Bonchev–Trinajstić information content (AvgIpc) is 2.29. The summed E-state index contributed by atoms with van der Waals surface area (Å²) in [5.74, 6) is -0.534. The van der Waals surface area contributed by atoms with E-state index in [1.54, 1.807) is 12.1 Å². The molecule has 0 atom stereocenters. The first-order valence-electron chi connectivity index (χ1n) is 4.77. The van der Waals surface area contributed by atoms with E-state index in [2.05, 4.69) is 11.9 Å². The predicted octanol–water partition coefficient (Wildman–Crippen LogP) is 0.257. The molecule has 0 saturated heterocycles. The Labute approximate surface area is 98.2 Å². The van der Waals surface area contributed by atoms with Crippen LogP contribution in [0.2, 0.25) is 0 Å². The van der Waals surface area contributed by atoms with E-state index >= 15 is 0 Å². The molecule has 0 bridgehead atoms. The number of anilines is 2. The summed E-state index contributed by atoms with van der Waals surface area (Å²) in [7, 11) is 0. The molecule has 0 radical (unpaired) electrons. The molecule has 5 N–H and O–H groups in total. The highest BCUT2D eigenvalue weighted by atomic mass is 16.5. The fourth-order valence-electron chi connectivity index (χ4n) is 1.08. The zero-order valence-electron chi connectivity index (χ0n) is 9.10. The number of amides is 2. The molecule has 90 valence electrons. The zero-order chi connectivity index (χ0) is 12.8. The van der Waals surface area contributed by atoms with Crippen LogP contribution < -0.4 is 21.5 Å². The second-order valence-electron chi connectivity index (χ2n) is 3.20. The van der Waals surface area contributed by atoms with Crippen molar-refractivity contribution in [3.8, 4) is 5.75 Å². The Bertz CT molecular complexity index is 457. The van der Waals surface area contributed by atoms with Gasteiger partial charge in [0, 0.05) is 6.07 Å². The van der Waals surface area contributed by atoms with E-state index in [0.717, 1.165) is 6.08 Å². The first kappa shape index (κ1) is 12.6. The Balaban J connectivity index is 2.75. The van der Waals surface area contributed by atoms with Crippen LogP contribution in [0, 0.1) is 0 Å². The monoisotopic (exact) mass is 235 g/mol. The minimum absolute atomic E-state index is 0.224. The summed E-state index contributed by atoms with van der Waals surface area (Å²) in [6, 6.07) is 4.62. The van der Waals surface area contributed by atoms with Gasteiger partial charge in [-0.05, 0) is 18.2 Å². The molecule has 0 fully saturated rings. The molecule has 0 saturated carbocycles. The molecule has 0 aliphatic carbocycles. The van der Waals surface area contributed by atoms with Gasteiger partial charge in [-0.25, -0.2) is 0 Å².